The standard InChI is InChI=1S/C21H18Cl2N2O3/c1-3-28-18-9-12(4-5-17(18)27-2)8-13-6-7-25-20(13)24-19-15(21(25)26)10-14(22)11-16(19)23/h4-5,8-11H,3,6-7H2,1-2H3/b13-8+. The van der Waals surface area contributed by atoms with E-state index in [1.807, 2.05) is 31.2 Å². The summed E-state index contributed by atoms with van der Waals surface area (Å²) in [5.41, 5.74) is 2.26. The highest BCUT2D eigenvalue weighted by molar-refractivity contribution is 6.38. The third-order valence-electron chi connectivity index (χ3n) is 4.70. The second kappa shape index (κ2) is 7.49. The average molecular weight is 417 g/mol. The molecule has 0 saturated carbocycles. The second-order valence-corrected chi connectivity index (χ2v) is 7.28. The minimum Gasteiger partial charge on any atom is -0.493 e. The molecule has 0 aliphatic carbocycles. The fraction of sp³-hybridized carbons (Fsp3) is 0.238. The van der Waals surface area contributed by atoms with Crippen LogP contribution in [0, 0.1) is 0 Å². The number of hydrogen-bond donors (Lipinski definition) is 0. The number of hydrogen-bond acceptors (Lipinski definition) is 4. The van der Waals surface area contributed by atoms with Crippen molar-refractivity contribution < 1.29 is 9.47 Å². The van der Waals surface area contributed by atoms with E-state index in [9.17, 15) is 4.79 Å². The summed E-state index contributed by atoms with van der Waals surface area (Å²) < 4.78 is 12.7. The van der Waals surface area contributed by atoms with Crippen molar-refractivity contribution in [3.63, 3.8) is 0 Å². The summed E-state index contributed by atoms with van der Waals surface area (Å²) >= 11 is 12.3. The molecule has 0 amide bonds. The van der Waals surface area contributed by atoms with Gasteiger partial charge in [0.2, 0.25) is 0 Å². The topological polar surface area (TPSA) is 53.4 Å². The lowest BCUT2D eigenvalue weighted by Gasteiger charge is -2.10. The molecule has 144 valence electrons. The molecule has 2 heterocycles. The van der Waals surface area contributed by atoms with Gasteiger partial charge < -0.3 is 9.47 Å². The van der Waals surface area contributed by atoms with Crippen molar-refractivity contribution in [3.05, 3.63) is 62.1 Å². The maximum atomic E-state index is 12.9. The quantitative estimate of drug-likeness (QED) is 0.596. The van der Waals surface area contributed by atoms with E-state index in [4.69, 9.17) is 32.7 Å². The molecule has 1 aliphatic rings. The van der Waals surface area contributed by atoms with E-state index >= 15 is 0 Å². The Labute approximate surface area is 172 Å². The normalized spacial score (nSPS) is 14.5. The van der Waals surface area contributed by atoms with Crippen LogP contribution in [0.1, 0.15) is 24.7 Å². The van der Waals surface area contributed by atoms with Gasteiger partial charge in [-0.2, -0.15) is 0 Å². The van der Waals surface area contributed by atoms with Gasteiger partial charge in [-0.15, -0.1) is 0 Å². The van der Waals surface area contributed by atoms with Gasteiger partial charge in [0.1, 0.15) is 5.82 Å². The molecule has 1 aliphatic heterocycles. The molecule has 0 fully saturated rings. The molecule has 0 bridgehead atoms. The predicted molar refractivity (Wildman–Crippen MR) is 113 cm³/mol. The Hall–Kier alpha value is -2.50. The summed E-state index contributed by atoms with van der Waals surface area (Å²) in [6.07, 6.45) is 2.73. The molecule has 7 heteroatoms. The van der Waals surface area contributed by atoms with Crippen molar-refractivity contribution in [2.75, 3.05) is 13.7 Å². The molecular formula is C21H18Cl2N2O3. The van der Waals surface area contributed by atoms with Crippen LogP contribution in [-0.2, 0) is 6.54 Å². The Bertz CT molecular complexity index is 1170. The summed E-state index contributed by atoms with van der Waals surface area (Å²) in [6.45, 7) is 3.04. The largest absolute Gasteiger partial charge is 0.493 e. The highest BCUT2D eigenvalue weighted by Gasteiger charge is 2.22. The van der Waals surface area contributed by atoms with Crippen LogP contribution >= 0.6 is 23.2 Å². The third-order valence-corrected chi connectivity index (χ3v) is 5.20. The molecule has 0 saturated heterocycles. The van der Waals surface area contributed by atoms with Crippen LogP contribution < -0.4 is 15.0 Å². The van der Waals surface area contributed by atoms with Crippen LogP contribution in [0.4, 0.5) is 0 Å². The van der Waals surface area contributed by atoms with Crippen LogP contribution in [0.3, 0.4) is 0 Å². The van der Waals surface area contributed by atoms with Crippen LogP contribution in [0.15, 0.2) is 35.1 Å². The Balaban J connectivity index is 1.84. The average Bonchev–Trinajstić information content (AvgIpc) is 3.06. The fourth-order valence-corrected chi connectivity index (χ4v) is 3.97. The molecular weight excluding hydrogens is 399 g/mol. The van der Waals surface area contributed by atoms with E-state index in [0.717, 1.165) is 11.1 Å². The van der Waals surface area contributed by atoms with Gasteiger partial charge in [0.05, 0.1) is 29.6 Å². The molecule has 4 rings (SSSR count). The first kappa shape index (κ1) is 18.8. The molecule has 0 radical (unpaired) electrons. The smallest absolute Gasteiger partial charge is 0.261 e. The van der Waals surface area contributed by atoms with Crippen molar-refractivity contribution in [2.24, 2.45) is 0 Å². The molecule has 0 spiro atoms. The van der Waals surface area contributed by atoms with Crippen LogP contribution in [-0.4, -0.2) is 23.3 Å². The van der Waals surface area contributed by atoms with Gasteiger partial charge in [0.25, 0.3) is 5.56 Å². The van der Waals surface area contributed by atoms with E-state index in [0.29, 0.717) is 57.8 Å². The highest BCUT2D eigenvalue weighted by atomic mass is 35.5. The summed E-state index contributed by atoms with van der Waals surface area (Å²) in [7, 11) is 1.61. The lowest BCUT2D eigenvalue weighted by Crippen LogP contribution is -2.20. The lowest BCUT2D eigenvalue weighted by atomic mass is 10.1. The van der Waals surface area contributed by atoms with Gasteiger partial charge in [-0.3, -0.25) is 9.36 Å². The summed E-state index contributed by atoms with van der Waals surface area (Å²) in [6, 6.07) is 8.95. The maximum absolute atomic E-state index is 12.9. The van der Waals surface area contributed by atoms with E-state index < -0.39 is 0 Å². The number of fused-ring (bicyclic) bond motifs is 2. The Morgan fingerprint density at radius 2 is 2.04 bits per heavy atom. The van der Waals surface area contributed by atoms with Crippen molar-refractivity contribution in [3.8, 4) is 11.5 Å². The Morgan fingerprint density at radius 1 is 1.21 bits per heavy atom. The van der Waals surface area contributed by atoms with Crippen LogP contribution in [0.25, 0.3) is 22.6 Å². The maximum Gasteiger partial charge on any atom is 0.261 e. The molecule has 28 heavy (non-hydrogen) atoms. The highest BCUT2D eigenvalue weighted by Crippen LogP contribution is 2.33. The zero-order chi connectivity index (χ0) is 19.8. The van der Waals surface area contributed by atoms with Gasteiger partial charge >= 0.3 is 0 Å². The first-order valence-corrected chi connectivity index (χ1v) is 9.68. The monoisotopic (exact) mass is 416 g/mol. The first-order valence-electron chi connectivity index (χ1n) is 8.93. The van der Waals surface area contributed by atoms with Crippen LogP contribution in [0.5, 0.6) is 11.5 Å². The van der Waals surface area contributed by atoms with E-state index in [2.05, 4.69) is 4.98 Å². The predicted octanol–water partition coefficient (Wildman–Crippen LogP) is 5.05. The molecule has 5 nitrogen and oxygen atoms in total. The van der Waals surface area contributed by atoms with Crippen molar-refractivity contribution in [1.82, 2.24) is 9.55 Å². The van der Waals surface area contributed by atoms with Gasteiger partial charge in [-0.1, -0.05) is 29.3 Å². The molecule has 0 atom stereocenters. The van der Waals surface area contributed by atoms with Gasteiger partial charge in [0.15, 0.2) is 11.5 Å². The Kier molecular flexibility index (Phi) is 5.04. The summed E-state index contributed by atoms with van der Waals surface area (Å²) in [4.78, 5) is 17.6. The Morgan fingerprint density at radius 3 is 2.79 bits per heavy atom. The zero-order valence-corrected chi connectivity index (χ0v) is 17.0. The van der Waals surface area contributed by atoms with Crippen LogP contribution in [0.2, 0.25) is 10.0 Å². The van der Waals surface area contributed by atoms with Gasteiger partial charge in [-0.05, 0) is 54.8 Å². The second-order valence-electron chi connectivity index (χ2n) is 6.44. The number of halogens is 2. The number of aromatic nitrogens is 2. The third kappa shape index (κ3) is 3.25. The van der Waals surface area contributed by atoms with E-state index in [1.54, 1.807) is 23.8 Å². The number of allylic oxidation sites excluding steroid dienone is 1. The van der Waals surface area contributed by atoms with Crippen molar-refractivity contribution >= 4 is 45.8 Å². The lowest BCUT2D eigenvalue weighted by molar-refractivity contribution is 0.311. The molecule has 2 aromatic carbocycles. The molecule has 3 aromatic rings. The SMILES string of the molecule is CCOc1cc(/C=C2\CCn3c2nc2c(Cl)cc(Cl)cc2c3=O)ccc1OC. The molecule has 0 N–H and O–H groups in total. The van der Waals surface area contributed by atoms with Crippen molar-refractivity contribution in [1.29, 1.82) is 0 Å². The zero-order valence-electron chi connectivity index (χ0n) is 15.5. The van der Waals surface area contributed by atoms with Gasteiger partial charge in [0, 0.05) is 11.6 Å². The van der Waals surface area contributed by atoms with Gasteiger partial charge in [-0.25, -0.2) is 4.98 Å². The number of rotatable bonds is 4. The first-order chi connectivity index (χ1) is 13.5. The minimum absolute atomic E-state index is 0.127. The van der Waals surface area contributed by atoms with E-state index in [1.165, 1.54) is 0 Å². The summed E-state index contributed by atoms with van der Waals surface area (Å²) in [5.74, 6) is 1.99. The molecule has 0 unspecified atom stereocenters. The number of nitrogens with zero attached hydrogens (tertiary/aromatic N) is 2. The number of benzene rings is 2. The van der Waals surface area contributed by atoms with E-state index in [-0.39, 0.29) is 5.56 Å². The number of ether oxygens (including phenoxy) is 2. The minimum atomic E-state index is -0.127. The summed E-state index contributed by atoms with van der Waals surface area (Å²) in [5, 5.41) is 1.23. The van der Waals surface area contributed by atoms with Crippen molar-refractivity contribution in [2.45, 2.75) is 19.9 Å². The number of methoxy groups -OCH3 is 1. The molecule has 1 aromatic heterocycles. The fourth-order valence-electron chi connectivity index (χ4n) is 3.44.